The van der Waals surface area contributed by atoms with Gasteiger partial charge in [-0.2, -0.15) is 0 Å². The fraction of sp³-hybridized carbons (Fsp3) is 0.571. The average molecular weight is 357 g/mol. The molecule has 9 nitrogen and oxygen atoms in total. The number of likely N-dealkylation sites (N-methyl/N-ethyl adjacent to an activating group) is 1. The molecule has 1 aliphatic rings. The van der Waals surface area contributed by atoms with E-state index in [2.05, 4.69) is 4.98 Å². The predicted molar refractivity (Wildman–Crippen MR) is 85.5 cm³/mol. The normalized spacial score (nSPS) is 20.4. The van der Waals surface area contributed by atoms with Crippen LogP contribution in [0.5, 0.6) is 5.75 Å². The number of pyridine rings is 1. The zero-order valence-electron chi connectivity index (χ0n) is 13.6. The second-order valence-electron chi connectivity index (χ2n) is 5.80. The number of hydrogen-bond acceptors (Lipinski definition) is 7. The minimum absolute atomic E-state index is 0.0535. The van der Waals surface area contributed by atoms with Crippen LogP contribution < -0.4 is 4.74 Å². The average Bonchev–Trinajstić information content (AvgIpc) is 2.87. The number of carbonyl (C=O) groups is 1. The highest BCUT2D eigenvalue weighted by molar-refractivity contribution is 7.91. The van der Waals surface area contributed by atoms with Crippen LogP contribution in [0.3, 0.4) is 0 Å². The quantitative estimate of drug-likeness (QED) is 0.562. The molecule has 2 heterocycles. The SMILES string of the molecule is Cc1ccc(O[C@H](C)C(=O)N(C)[C@@H]2CCS(=O)(=O)C2)c([N+](=O)[O-])n1. The fourth-order valence-corrected chi connectivity index (χ4v) is 4.32. The van der Waals surface area contributed by atoms with E-state index >= 15 is 0 Å². The van der Waals surface area contributed by atoms with E-state index in [-0.39, 0.29) is 17.3 Å². The van der Waals surface area contributed by atoms with E-state index in [1.165, 1.54) is 24.9 Å². The summed E-state index contributed by atoms with van der Waals surface area (Å²) in [5, 5.41) is 11.0. The first-order chi connectivity index (χ1) is 11.1. The number of nitrogens with zero attached hydrogens (tertiary/aromatic N) is 3. The molecule has 0 N–H and O–H groups in total. The minimum atomic E-state index is -3.12. The van der Waals surface area contributed by atoms with Crippen molar-refractivity contribution in [3.8, 4) is 5.75 Å². The van der Waals surface area contributed by atoms with Crippen molar-refractivity contribution in [2.24, 2.45) is 0 Å². The number of aryl methyl sites for hydroxylation is 1. The number of sulfone groups is 1. The first kappa shape index (κ1) is 18.1. The van der Waals surface area contributed by atoms with Gasteiger partial charge in [0.15, 0.2) is 15.9 Å². The lowest BCUT2D eigenvalue weighted by molar-refractivity contribution is -0.390. The number of rotatable bonds is 5. The molecule has 1 amide bonds. The molecule has 24 heavy (non-hydrogen) atoms. The van der Waals surface area contributed by atoms with Crippen molar-refractivity contribution in [1.29, 1.82) is 0 Å². The van der Waals surface area contributed by atoms with Crippen LogP contribution in [0.2, 0.25) is 0 Å². The predicted octanol–water partition coefficient (Wildman–Crippen LogP) is 0.711. The van der Waals surface area contributed by atoms with Crippen molar-refractivity contribution in [3.63, 3.8) is 0 Å². The van der Waals surface area contributed by atoms with Crippen LogP contribution in [0.1, 0.15) is 19.0 Å². The van der Waals surface area contributed by atoms with Crippen molar-refractivity contribution in [2.75, 3.05) is 18.6 Å². The monoisotopic (exact) mass is 357 g/mol. The van der Waals surface area contributed by atoms with Gasteiger partial charge in [0, 0.05) is 20.0 Å². The molecule has 0 unspecified atom stereocenters. The third kappa shape index (κ3) is 3.99. The summed E-state index contributed by atoms with van der Waals surface area (Å²) in [7, 11) is -1.61. The molecule has 10 heteroatoms. The number of hydrogen-bond donors (Lipinski definition) is 0. The summed E-state index contributed by atoms with van der Waals surface area (Å²) in [6.45, 7) is 3.07. The Morgan fingerprint density at radius 2 is 2.17 bits per heavy atom. The van der Waals surface area contributed by atoms with Gasteiger partial charge in [0.25, 0.3) is 5.91 Å². The standard InChI is InChI=1S/C14H19N3O6S/c1-9-4-5-12(13(15-9)17(19)20)23-10(2)14(18)16(3)11-6-7-24(21,22)8-11/h4-5,10-11H,6-8H2,1-3H3/t10-,11-/m1/s1. The van der Waals surface area contributed by atoms with Crippen LogP contribution in [0.15, 0.2) is 12.1 Å². The maximum absolute atomic E-state index is 12.4. The molecular formula is C14H19N3O6S. The van der Waals surface area contributed by atoms with E-state index in [0.717, 1.165) is 0 Å². The third-order valence-corrected chi connectivity index (χ3v) is 5.66. The lowest BCUT2D eigenvalue weighted by atomic mass is 10.2. The second-order valence-corrected chi connectivity index (χ2v) is 8.03. The first-order valence-electron chi connectivity index (χ1n) is 7.36. The van der Waals surface area contributed by atoms with Gasteiger partial charge in [-0.3, -0.25) is 4.79 Å². The van der Waals surface area contributed by atoms with E-state index in [9.17, 15) is 23.3 Å². The second kappa shape index (κ2) is 6.71. The molecule has 0 bridgehead atoms. The Labute approximate surface area is 139 Å². The van der Waals surface area contributed by atoms with Crippen LogP contribution in [-0.4, -0.2) is 59.8 Å². The molecule has 1 saturated heterocycles. The summed E-state index contributed by atoms with van der Waals surface area (Å²) in [6.07, 6.45) is -0.620. The van der Waals surface area contributed by atoms with Gasteiger partial charge in [-0.15, -0.1) is 0 Å². The fourth-order valence-electron chi connectivity index (χ4n) is 2.54. The van der Waals surface area contributed by atoms with Crippen molar-refractivity contribution >= 4 is 21.6 Å². The van der Waals surface area contributed by atoms with Gasteiger partial charge in [0.05, 0.1) is 11.5 Å². The molecule has 0 aromatic carbocycles. The first-order valence-corrected chi connectivity index (χ1v) is 9.18. The highest BCUT2D eigenvalue weighted by atomic mass is 32.2. The topological polar surface area (TPSA) is 120 Å². The van der Waals surface area contributed by atoms with Crippen LogP contribution in [0.25, 0.3) is 0 Å². The molecule has 0 spiro atoms. The Morgan fingerprint density at radius 1 is 1.50 bits per heavy atom. The summed E-state index contributed by atoms with van der Waals surface area (Å²) in [4.78, 5) is 27.9. The lowest BCUT2D eigenvalue weighted by Crippen LogP contribution is -2.44. The highest BCUT2D eigenvalue weighted by Gasteiger charge is 2.35. The van der Waals surface area contributed by atoms with Crippen LogP contribution >= 0.6 is 0 Å². The van der Waals surface area contributed by atoms with Crippen molar-refractivity contribution < 1.29 is 22.9 Å². The molecule has 0 radical (unpaired) electrons. The lowest BCUT2D eigenvalue weighted by Gasteiger charge is -2.26. The molecule has 1 fully saturated rings. The van der Waals surface area contributed by atoms with Crippen molar-refractivity contribution in [2.45, 2.75) is 32.4 Å². The number of ether oxygens (including phenoxy) is 1. The molecular weight excluding hydrogens is 338 g/mol. The maximum atomic E-state index is 12.4. The van der Waals surface area contributed by atoms with Gasteiger partial charge in [0.2, 0.25) is 5.75 Å². The summed E-state index contributed by atoms with van der Waals surface area (Å²) in [5.41, 5.74) is 0.460. The van der Waals surface area contributed by atoms with E-state index in [4.69, 9.17) is 4.74 Å². The molecule has 1 aromatic heterocycles. The molecule has 2 rings (SSSR count). The Morgan fingerprint density at radius 3 is 2.71 bits per heavy atom. The third-order valence-electron chi connectivity index (χ3n) is 3.91. The summed E-state index contributed by atoms with van der Waals surface area (Å²) >= 11 is 0. The molecule has 1 aromatic rings. The molecule has 1 aliphatic heterocycles. The van der Waals surface area contributed by atoms with E-state index < -0.39 is 38.6 Å². The number of amides is 1. The Balaban J connectivity index is 2.11. The molecule has 0 aliphatic carbocycles. The van der Waals surface area contributed by atoms with Crippen molar-refractivity contribution in [1.82, 2.24) is 9.88 Å². The Bertz CT molecular complexity index is 764. The van der Waals surface area contributed by atoms with E-state index in [1.54, 1.807) is 13.0 Å². The van der Waals surface area contributed by atoms with Gasteiger partial charge >= 0.3 is 5.82 Å². The van der Waals surface area contributed by atoms with Gasteiger partial charge in [-0.25, -0.2) is 8.42 Å². The van der Waals surface area contributed by atoms with Gasteiger partial charge in [-0.1, -0.05) is 0 Å². The molecule has 132 valence electrons. The maximum Gasteiger partial charge on any atom is 0.406 e. The highest BCUT2D eigenvalue weighted by Crippen LogP contribution is 2.26. The minimum Gasteiger partial charge on any atom is -0.473 e. The van der Waals surface area contributed by atoms with Gasteiger partial charge < -0.3 is 19.8 Å². The van der Waals surface area contributed by atoms with Crippen LogP contribution in [-0.2, 0) is 14.6 Å². The summed E-state index contributed by atoms with van der Waals surface area (Å²) < 4.78 is 28.5. The smallest absolute Gasteiger partial charge is 0.406 e. The van der Waals surface area contributed by atoms with Crippen LogP contribution in [0.4, 0.5) is 5.82 Å². The largest absolute Gasteiger partial charge is 0.473 e. The summed E-state index contributed by atoms with van der Waals surface area (Å²) in [5.74, 6) is -1.02. The Hall–Kier alpha value is -2.23. The van der Waals surface area contributed by atoms with Gasteiger partial charge in [-0.05, 0) is 35.4 Å². The number of aromatic nitrogens is 1. The Kier molecular flexibility index (Phi) is 5.07. The number of nitro groups is 1. The van der Waals surface area contributed by atoms with E-state index in [1.807, 2.05) is 0 Å². The molecule has 0 saturated carbocycles. The van der Waals surface area contributed by atoms with Gasteiger partial charge in [0.1, 0.15) is 5.69 Å². The van der Waals surface area contributed by atoms with Crippen LogP contribution in [0, 0.1) is 17.0 Å². The summed E-state index contributed by atoms with van der Waals surface area (Å²) in [6, 6.07) is 2.54. The number of carbonyl (C=O) groups excluding carboxylic acids is 1. The van der Waals surface area contributed by atoms with E-state index in [0.29, 0.717) is 12.1 Å². The zero-order valence-corrected chi connectivity index (χ0v) is 14.4. The van der Waals surface area contributed by atoms with Crippen molar-refractivity contribution in [3.05, 3.63) is 27.9 Å². The zero-order chi connectivity index (χ0) is 18.1. The molecule has 2 atom stereocenters.